The van der Waals surface area contributed by atoms with Crippen molar-refractivity contribution in [2.75, 3.05) is 23.9 Å². The van der Waals surface area contributed by atoms with Crippen molar-refractivity contribution in [1.29, 1.82) is 0 Å². The van der Waals surface area contributed by atoms with Crippen LogP contribution in [-0.4, -0.2) is 49.7 Å². The number of esters is 1. The molecule has 3 amide bonds. The number of hydrogen-bond acceptors (Lipinski definition) is 7. The first kappa shape index (κ1) is 17.7. The molecule has 2 aliphatic rings. The van der Waals surface area contributed by atoms with Gasteiger partial charge in [0.25, 0.3) is 5.91 Å². The third kappa shape index (κ3) is 3.32. The molecule has 0 spiro atoms. The van der Waals surface area contributed by atoms with Gasteiger partial charge in [0.15, 0.2) is 6.10 Å². The fourth-order valence-electron chi connectivity index (χ4n) is 3.09. The lowest BCUT2D eigenvalue weighted by molar-refractivity contribution is -0.128. The normalized spacial score (nSPS) is 18.9. The molecule has 0 unspecified atom stereocenters. The van der Waals surface area contributed by atoms with E-state index in [0.29, 0.717) is 5.69 Å². The second-order valence-electron chi connectivity index (χ2n) is 6.10. The first-order valence-corrected chi connectivity index (χ1v) is 8.22. The molecule has 9 heteroatoms. The van der Waals surface area contributed by atoms with E-state index in [-0.39, 0.29) is 17.5 Å². The summed E-state index contributed by atoms with van der Waals surface area (Å²) in [5.41, 5.74) is 1.59. The Kier molecular flexibility index (Phi) is 4.79. The van der Waals surface area contributed by atoms with E-state index < -0.39 is 24.1 Å². The van der Waals surface area contributed by atoms with Crippen molar-refractivity contribution in [3.05, 3.63) is 23.8 Å². The van der Waals surface area contributed by atoms with E-state index in [1.54, 1.807) is 12.1 Å². The van der Waals surface area contributed by atoms with Gasteiger partial charge in [0, 0.05) is 6.54 Å². The number of anilines is 2. The molecular formula is C17H19N3O6. The zero-order valence-electron chi connectivity index (χ0n) is 14.4. The molecule has 2 aliphatic heterocycles. The quantitative estimate of drug-likeness (QED) is 0.773. The van der Waals surface area contributed by atoms with Gasteiger partial charge >= 0.3 is 12.1 Å². The van der Waals surface area contributed by atoms with Crippen molar-refractivity contribution in [3.63, 3.8) is 0 Å². The van der Waals surface area contributed by atoms with Crippen LogP contribution in [0.5, 0.6) is 0 Å². The zero-order valence-corrected chi connectivity index (χ0v) is 14.4. The molecule has 0 bridgehead atoms. The summed E-state index contributed by atoms with van der Waals surface area (Å²) >= 11 is 0. The Hall–Kier alpha value is -3.10. The summed E-state index contributed by atoms with van der Waals surface area (Å²) < 4.78 is 9.37. The minimum atomic E-state index is -1.19. The molecule has 138 valence electrons. The van der Waals surface area contributed by atoms with Gasteiger partial charge in [0.2, 0.25) is 5.91 Å². The van der Waals surface area contributed by atoms with Gasteiger partial charge in [0.05, 0.1) is 24.0 Å². The average Bonchev–Trinajstić information content (AvgIpc) is 3.11. The zero-order chi connectivity index (χ0) is 18.8. The van der Waals surface area contributed by atoms with Crippen LogP contribution in [0.4, 0.5) is 16.2 Å². The van der Waals surface area contributed by atoms with Crippen molar-refractivity contribution in [2.45, 2.75) is 31.9 Å². The highest BCUT2D eigenvalue weighted by Crippen LogP contribution is 2.37. The summed E-state index contributed by atoms with van der Waals surface area (Å²) in [5, 5.41) is 4.73. The third-order valence-corrected chi connectivity index (χ3v) is 4.42. The monoisotopic (exact) mass is 361 g/mol. The van der Waals surface area contributed by atoms with E-state index in [4.69, 9.17) is 4.74 Å². The maximum atomic E-state index is 12.3. The number of fused-ring (bicyclic) bond motifs is 3. The lowest BCUT2D eigenvalue weighted by Crippen LogP contribution is -2.44. The Morgan fingerprint density at radius 3 is 2.85 bits per heavy atom. The van der Waals surface area contributed by atoms with Gasteiger partial charge in [-0.1, -0.05) is 0 Å². The summed E-state index contributed by atoms with van der Waals surface area (Å²) in [6.07, 6.45) is -0.375. The largest absolute Gasteiger partial charge is 0.453 e. The topological polar surface area (TPSA) is 114 Å². The Balaban J connectivity index is 1.71. The molecule has 2 N–H and O–H groups in total. The van der Waals surface area contributed by atoms with Crippen LogP contribution in [0.1, 0.15) is 30.1 Å². The molecule has 0 radical (unpaired) electrons. The maximum Gasteiger partial charge on any atom is 0.413 e. The van der Waals surface area contributed by atoms with Crippen LogP contribution < -0.4 is 15.5 Å². The van der Waals surface area contributed by atoms with E-state index in [1.165, 1.54) is 13.0 Å². The number of alkyl carbamates (subject to hydrolysis) is 1. The minimum Gasteiger partial charge on any atom is -0.453 e. The van der Waals surface area contributed by atoms with Gasteiger partial charge in [-0.25, -0.2) is 9.59 Å². The van der Waals surface area contributed by atoms with Crippen LogP contribution in [0.25, 0.3) is 0 Å². The number of rotatable bonds is 3. The molecule has 1 aromatic carbocycles. The molecule has 1 saturated heterocycles. The van der Waals surface area contributed by atoms with Crippen LogP contribution in [0, 0.1) is 0 Å². The number of carbonyl (C=O) groups is 4. The van der Waals surface area contributed by atoms with Crippen molar-refractivity contribution in [1.82, 2.24) is 5.32 Å². The van der Waals surface area contributed by atoms with E-state index in [1.807, 2.05) is 10.2 Å². The highest BCUT2D eigenvalue weighted by atomic mass is 16.6. The van der Waals surface area contributed by atoms with Crippen molar-refractivity contribution < 1.29 is 28.7 Å². The van der Waals surface area contributed by atoms with Gasteiger partial charge < -0.3 is 19.7 Å². The molecule has 1 fully saturated rings. The number of nitrogens with one attached hydrogen (secondary N) is 2. The van der Waals surface area contributed by atoms with Crippen LogP contribution in [0.2, 0.25) is 0 Å². The Morgan fingerprint density at radius 1 is 1.35 bits per heavy atom. The molecule has 0 aliphatic carbocycles. The highest BCUT2D eigenvalue weighted by Gasteiger charge is 2.36. The predicted octanol–water partition coefficient (Wildman–Crippen LogP) is 1.04. The van der Waals surface area contributed by atoms with Gasteiger partial charge in [-0.15, -0.1) is 0 Å². The SMILES string of the molecule is COC(=O)NC(=O)[C@@H](C)OC(=O)c1ccc2c(c1)NC(=O)[C@H]1CCCN21. The fourth-order valence-corrected chi connectivity index (χ4v) is 3.09. The van der Waals surface area contributed by atoms with E-state index in [0.717, 1.165) is 32.2 Å². The lowest BCUT2D eigenvalue weighted by atomic mass is 10.1. The number of benzene rings is 1. The molecule has 0 saturated carbocycles. The highest BCUT2D eigenvalue weighted by molar-refractivity contribution is 6.05. The van der Waals surface area contributed by atoms with Crippen LogP contribution in [-0.2, 0) is 19.1 Å². The Bertz CT molecular complexity index is 778. The first-order chi connectivity index (χ1) is 12.4. The third-order valence-electron chi connectivity index (χ3n) is 4.42. The molecular weight excluding hydrogens is 342 g/mol. The van der Waals surface area contributed by atoms with Crippen molar-refractivity contribution >= 4 is 35.3 Å². The summed E-state index contributed by atoms with van der Waals surface area (Å²) in [6.45, 7) is 2.13. The van der Waals surface area contributed by atoms with E-state index >= 15 is 0 Å². The number of carbonyl (C=O) groups excluding carboxylic acids is 4. The van der Waals surface area contributed by atoms with Crippen molar-refractivity contribution in [3.8, 4) is 0 Å². The van der Waals surface area contributed by atoms with Crippen molar-refractivity contribution in [2.24, 2.45) is 0 Å². The smallest absolute Gasteiger partial charge is 0.413 e. The van der Waals surface area contributed by atoms with E-state index in [2.05, 4.69) is 10.1 Å². The molecule has 26 heavy (non-hydrogen) atoms. The molecule has 3 rings (SSSR count). The van der Waals surface area contributed by atoms with Crippen LogP contribution in [0.3, 0.4) is 0 Å². The predicted molar refractivity (Wildman–Crippen MR) is 90.9 cm³/mol. The van der Waals surface area contributed by atoms with Crippen LogP contribution >= 0.6 is 0 Å². The summed E-state index contributed by atoms with van der Waals surface area (Å²) in [4.78, 5) is 49.2. The molecule has 9 nitrogen and oxygen atoms in total. The van der Waals surface area contributed by atoms with Gasteiger partial charge in [-0.05, 0) is 38.0 Å². The summed E-state index contributed by atoms with van der Waals surface area (Å²) in [5.74, 6) is -1.62. The first-order valence-electron chi connectivity index (χ1n) is 8.22. The fraction of sp³-hybridized carbons (Fsp3) is 0.412. The lowest BCUT2D eigenvalue weighted by Gasteiger charge is -2.33. The molecule has 0 aromatic heterocycles. The Labute approximate surface area is 149 Å². The van der Waals surface area contributed by atoms with Gasteiger partial charge in [-0.2, -0.15) is 0 Å². The molecule has 2 atom stereocenters. The number of nitrogens with zero attached hydrogens (tertiary/aromatic N) is 1. The molecule has 1 aromatic rings. The minimum absolute atomic E-state index is 0.0914. The number of imide groups is 1. The second-order valence-corrected chi connectivity index (χ2v) is 6.10. The Morgan fingerprint density at radius 2 is 2.12 bits per heavy atom. The van der Waals surface area contributed by atoms with Gasteiger partial charge in [-0.3, -0.25) is 14.9 Å². The molecule has 2 heterocycles. The number of ether oxygens (including phenoxy) is 2. The number of hydrogen-bond donors (Lipinski definition) is 2. The average molecular weight is 361 g/mol. The maximum absolute atomic E-state index is 12.3. The second kappa shape index (κ2) is 7.03. The number of methoxy groups -OCH3 is 1. The summed E-state index contributed by atoms with van der Waals surface area (Å²) in [6, 6.07) is 4.69. The standard InChI is InChI=1S/C17H19N3O6/c1-9(14(21)19-17(24)25-2)26-16(23)10-5-6-12-11(8-10)18-15(22)13-4-3-7-20(12)13/h5-6,8-9,13H,3-4,7H2,1-2H3,(H,18,22)(H,19,21,24)/t9-,13-/m1/s1. The van der Waals surface area contributed by atoms with E-state index in [9.17, 15) is 19.2 Å². The number of amides is 3. The van der Waals surface area contributed by atoms with Gasteiger partial charge in [0.1, 0.15) is 6.04 Å². The van der Waals surface area contributed by atoms with Crippen LogP contribution in [0.15, 0.2) is 18.2 Å². The summed E-state index contributed by atoms with van der Waals surface area (Å²) in [7, 11) is 1.12.